The Labute approximate surface area is 74.2 Å². The monoisotopic (exact) mass is 217 g/mol. The third kappa shape index (κ3) is 1.79. The van der Waals surface area contributed by atoms with Crippen LogP contribution in [0.2, 0.25) is 0 Å². The molecule has 0 aliphatic heterocycles. The summed E-state index contributed by atoms with van der Waals surface area (Å²) in [5.74, 6) is -4.79. The molecular weight excluding hydrogens is 213 g/mol. The zero-order valence-electron chi connectivity index (χ0n) is 6.32. The molecule has 0 fully saturated rings. The van der Waals surface area contributed by atoms with Gasteiger partial charge in [-0.15, -0.1) is 11.3 Å². The summed E-state index contributed by atoms with van der Waals surface area (Å²) in [5.41, 5.74) is 0. The van der Waals surface area contributed by atoms with Gasteiger partial charge in [0.2, 0.25) is 0 Å². The van der Waals surface area contributed by atoms with Crippen LogP contribution in [0.1, 0.15) is 9.88 Å². The molecule has 0 aliphatic carbocycles. The molecule has 0 bridgehead atoms. The van der Waals surface area contributed by atoms with Crippen molar-refractivity contribution in [2.24, 2.45) is 0 Å². The van der Waals surface area contributed by atoms with Gasteiger partial charge in [-0.2, -0.15) is 22.0 Å². The fourth-order valence-corrected chi connectivity index (χ4v) is 1.42. The number of halogens is 5. The van der Waals surface area contributed by atoms with E-state index in [0.717, 1.165) is 0 Å². The van der Waals surface area contributed by atoms with E-state index in [9.17, 15) is 22.0 Å². The largest absolute Gasteiger partial charge is 0.459 e. The summed E-state index contributed by atoms with van der Waals surface area (Å²) in [6.07, 6.45) is -5.00. The minimum absolute atomic E-state index is 0.180. The highest BCUT2D eigenvalue weighted by Crippen LogP contribution is 2.45. The Kier molecular flexibility index (Phi) is 2.31. The molecule has 0 saturated carbocycles. The zero-order valence-corrected chi connectivity index (χ0v) is 7.14. The highest BCUT2D eigenvalue weighted by atomic mass is 32.1. The number of rotatable bonds is 1. The molecular formula is C6H4F5NS. The normalized spacial score (nSPS) is 13.4. The van der Waals surface area contributed by atoms with E-state index in [2.05, 4.69) is 4.98 Å². The Morgan fingerprint density at radius 2 is 1.77 bits per heavy atom. The molecule has 0 N–H and O–H groups in total. The maximum absolute atomic E-state index is 12.5. The zero-order chi connectivity index (χ0) is 10.3. The Morgan fingerprint density at radius 1 is 1.23 bits per heavy atom. The van der Waals surface area contributed by atoms with Gasteiger partial charge in [0.25, 0.3) is 0 Å². The molecule has 1 aromatic rings. The highest BCUT2D eigenvalue weighted by Gasteiger charge is 2.59. The molecule has 0 saturated heterocycles. The van der Waals surface area contributed by atoms with Gasteiger partial charge in [0.1, 0.15) is 4.88 Å². The van der Waals surface area contributed by atoms with Gasteiger partial charge >= 0.3 is 12.1 Å². The third-order valence-electron chi connectivity index (χ3n) is 1.29. The van der Waals surface area contributed by atoms with Crippen molar-refractivity contribution in [3.05, 3.63) is 16.1 Å². The van der Waals surface area contributed by atoms with Gasteiger partial charge in [-0.3, -0.25) is 0 Å². The van der Waals surface area contributed by atoms with Crippen molar-refractivity contribution < 1.29 is 22.0 Å². The maximum atomic E-state index is 12.5. The van der Waals surface area contributed by atoms with E-state index in [-0.39, 0.29) is 5.01 Å². The molecule has 0 unspecified atom stereocenters. The van der Waals surface area contributed by atoms with E-state index >= 15 is 0 Å². The summed E-state index contributed by atoms with van der Waals surface area (Å²) in [6.45, 7) is 1.36. The summed E-state index contributed by atoms with van der Waals surface area (Å²) >= 11 is 0.340. The van der Waals surface area contributed by atoms with Crippen LogP contribution < -0.4 is 0 Å². The lowest BCUT2D eigenvalue weighted by atomic mass is 10.3. The van der Waals surface area contributed by atoms with Crippen LogP contribution in [0.15, 0.2) is 6.20 Å². The molecule has 0 radical (unpaired) electrons. The molecule has 1 rings (SSSR count). The van der Waals surface area contributed by atoms with E-state index in [1.54, 1.807) is 0 Å². The Morgan fingerprint density at radius 3 is 2.08 bits per heavy atom. The van der Waals surface area contributed by atoms with Crippen molar-refractivity contribution in [3.8, 4) is 0 Å². The second-order valence-electron chi connectivity index (χ2n) is 2.32. The van der Waals surface area contributed by atoms with Gasteiger partial charge in [-0.05, 0) is 6.92 Å². The van der Waals surface area contributed by atoms with E-state index in [4.69, 9.17) is 0 Å². The van der Waals surface area contributed by atoms with Gasteiger partial charge in [-0.1, -0.05) is 0 Å². The number of thiazole rings is 1. The van der Waals surface area contributed by atoms with E-state index in [0.29, 0.717) is 17.5 Å². The summed E-state index contributed by atoms with van der Waals surface area (Å²) in [6, 6.07) is 0. The van der Waals surface area contributed by atoms with Crippen LogP contribution in [-0.2, 0) is 5.92 Å². The molecule has 0 aliphatic rings. The van der Waals surface area contributed by atoms with Crippen LogP contribution in [0.3, 0.4) is 0 Å². The van der Waals surface area contributed by atoms with Crippen LogP contribution >= 0.6 is 11.3 Å². The molecule has 0 aromatic carbocycles. The molecule has 1 aromatic heterocycles. The minimum atomic E-state index is -5.55. The molecule has 74 valence electrons. The number of aromatic nitrogens is 1. The van der Waals surface area contributed by atoms with E-state index < -0.39 is 17.0 Å². The first-order valence-electron chi connectivity index (χ1n) is 3.12. The van der Waals surface area contributed by atoms with Crippen molar-refractivity contribution in [3.63, 3.8) is 0 Å². The van der Waals surface area contributed by atoms with Gasteiger partial charge in [0.05, 0.1) is 5.01 Å². The summed E-state index contributed by atoms with van der Waals surface area (Å²) < 4.78 is 60.3. The summed E-state index contributed by atoms with van der Waals surface area (Å²) in [4.78, 5) is 2.26. The maximum Gasteiger partial charge on any atom is 0.459 e. The fourth-order valence-electron chi connectivity index (χ4n) is 0.646. The Hall–Kier alpha value is -0.720. The summed E-state index contributed by atoms with van der Waals surface area (Å²) in [7, 11) is 0. The Bertz CT molecular complexity index is 302. The third-order valence-corrected chi connectivity index (χ3v) is 2.27. The second kappa shape index (κ2) is 2.90. The van der Waals surface area contributed by atoms with Gasteiger partial charge in [-0.25, -0.2) is 4.98 Å². The molecule has 1 nitrogen and oxygen atoms in total. The van der Waals surface area contributed by atoms with Crippen molar-refractivity contribution in [1.29, 1.82) is 0 Å². The van der Waals surface area contributed by atoms with Crippen molar-refractivity contribution in [1.82, 2.24) is 4.98 Å². The van der Waals surface area contributed by atoms with Gasteiger partial charge in [0, 0.05) is 6.20 Å². The highest BCUT2D eigenvalue weighted by molar-refractivity contribution is 7.11. The van der Waals surface area contributed by atoms with Crippen LogP contribution in [-0.4, -0.2) is 11.2 Å². The average molecular weight is 217 g/mol. The topological polar surface area (TPSA) is 12.9 Å². The predicted molar refractivity (Wildman–Crippen MR) is 36.8 cm³/mol. The minimum Gasteiger partial charge on any atom is -0.249 e. The predicted octanol–water partition coefficient (Wildman–Crippen LogP) is 3.11. The van der Waals surface area contributed by atoms with Crippen LogP contribution in [0.5, 0.6) is 0 Å². The lowest BCUT2D eigenvalue weighted by Crippen LogP contribution is -2.32. The lowest BCUT2D eigenvalue weighted by Gasteiger charge is -2.16. The lowest BCUT2D eigenvalue weighted by molar-refractivity contribution is -0.287. The molecule has 13 heavy (non-hydrogen) atoms. The molecule has 7 heteroatoms. The molecule has 1 heterocycles. The van der Waals surface area contributed by atoms with Crippen molar-refractivity contribution >= 4 is 11.3 Å². The van der Waals surface area contributed by atoms with Gasteiger partial charge < -0.3 is 0 Å². The molecule has 0 spiro atoms. The SMILES string of the molecule is Cc1ncc(C(F)(F)C(F)(F)F)s1. The first-order chi connectivity index (χ1) is 5.75. The van der Waals surface area contributed by atoms with E-state index in [1.807, 2.05) is 0 Å². The van der Waals surface area contributed by atoms with Crippen LogP contribution in [0.25, 0.3) is 0 Å². The second-order valence-corrected chi connectivity index (χ2v) is 3.55. The van der Waals surface area contributed by atoms with Crippen molar-refractivity contribution in [2.75, 3.05) is 0 Å². The average Bonchev–Trinajstić information content (AvgIpc) is 2.33. The summed E-state index contributed by atoms with van der Waals surface area (Å²) in [5, 5.41) is 0.180. The number of hydrogen-bond acceptors (Lipinski definition) is 2. The standard InChI is InChI=1S/C6H4F5NS/c1-3-12-2-4(13-3)5(7,8)6(9,10)11/h2H,1H3. The molecule has 0 amide bonds. The number of nitrogens with zero attached hydrogens (tertiary/aromatic N) is 1. The van der Waals surface area contributed by atoms with Gasteiger partial charge in [0.15, 0.2) is 0 Å². The van der Waals surface area contributed by atoms with Crippen molar-refractivity contribution in [2.45, 2.75) is 19.0 Å². The molecule has 0 atom stereocenters. The quantitative estimate of drug-likeness (QED) is 0.658. The number of hydrogen-bond donors (Lipinski definition) is 0. The fraction of sp³-hybridized carbons (Fsp3) is 0.500. The smallest absolute Gasteiger partial charge is 0.249 e. The van der Waals surface area contributed by atoms with Crippen LogP contribution in [0.4, 0.5) is 22.0 Å². The van der Waals surface area contributed by atoms with Crippen LogP contribution in [0, 0.1) is 6.92 Å². The number of alkyl halides is 5. The first kappa shape index (κ1) is 10.4. The van der Waals surface area contributed by atoms with E-state index in [1.165, 1.54) is 6.92 Å². The Balaban J connectivity index is 3.07. The number of aryl methyl sites for hydroxylation is 1. The first-order valence-corrected chi connectivity index (χ1v) is 3.94.